The van der Waals surface area contributed by atoms with Crippen molar-refractivity contribution in [3.63, 3.8) is 0 Å². The van der Waals surface area contributed by atoms with E-state index >= 15 is 0 Å². The number of amides is 1. The predicted molar refractivity (Wildman–Crippen MR) is 106 cm³/mol. The van der Waals surface area contributed by atoms with Crippen LogP contribution in [0.1, 0.15) is 57.1 Å². The van der Waals surface area contributed by atoms with E-state index in [1.807, 2.05) is 12.1 Å². The summed E-state index contributed by atoms with van der Waals surface area (Å²) < 4.78 is 47.6. The van der Waals surface area contributed by atoms with Crippen LogP contribution in [0.25, 0.3) is 10.8 Å². The zero-order chi connectivity index (χ0) is 20.9. The third-order valence-electron chi connectivity index (χ3n) is 5.14. The maximum Gasteiger partial charge on any atom is 0.409 e. The van der Waals surface area contributed by atoms with Crippen LogP contribution in [0.3, 0.4) is 0 Å². The molecule has 158 valence electrons. The largest absolute Gasteiger partial charge is 0.493 e. The average Bonchev–Trinajstić information content (AvgIpc) is 3.09. The normalized spacial score (nSPS) is 16.2. The molecule has 0 unspecified atom stereocenters. The highest BCUT2D eigenvalue weighted by molar-refractivity contribution is 5.89. The van der Waals surface area contributed by atoms with Crippen LogP contribution in [0.2, 0.25) is 0 Å². The third kappa shape index (κ3) is 5.41. The number of benzene rings is 2. The van der Waals surface area contributed by atoms with E-state index in [9.17, 15) is 18.0 Å². The number of ether oxygens (including phenoxy) is 1. The second-order valence-corrected chi connectivity index (χ2v) is 7.43. The molecule has 1 atom stereocenters. The van der Waals surface area contributed by atoms with Gasteiger partial charge in [0.15, 0.2) is 0 Å². The van der Waals surface area contributed by atoms with Crippen molar-refractivity contribution in [2.75, 3.05) is 13.2 Å². The van der Waals surface area contributed by atoms with Crippen LogP contribution in [0.5, 0.6) is 5.75 Å². The molecule has 0 aliphatic carbocycles. The van der Waals surface area contributed by atoms with Gasteiger partial charge in [-0.15, -0.1) is 0 Å². The number of alkyl halides is 3. The lowest BCUT2D eigenvalue weighted by Gasteiger charge is -2.29. The highest BCUT2D eigenvalue weighted by Gasteiger charge is 2.47. The predicted octanol–water partition coefficient (Wildman–Crippen LogP) is 5.53. The molecule has 1 heterocycles. The maximum atomic E-state index is 13.9. The highest BCUT2D eigenvalue weighted by Crippen LogP contribution is 2.41. The summed E-state index contributed by atoms with van der Waals surface area (Å²) in [6.45, 7) is 2.63. The molecule has 1 aliphatic rings. The van der Waals surface area contributed by atoms with Crippen molar-refractivity contribution in [2.45, 2.75) is 57.7 Å². The van der Waals surface area contributed by atoms with Crippen LogP contribution in [0.4, 0.5) is 13.2 Å². The fraction of sp³-hybridized carbons (Fsp3) is 0.500. The van der Waals surface area contributed by atoms with Gasteiger partial charge in [0.25, 0.3) is 0 Å². The number of nitrogens with one attached hydrogen (secondary N) is 1. The smallest absolute Gasteiger partial charge is 0.409 e. The molecule has 1 fully saturated rings. The first-order valence-electron chi connectivity index (χ1n) is 10.2. The molecular weight excluding hydrogens is 381 g/mol. The van der Waals surface area contributed by atoms with Gasteiger partial charge in [0.1, 0.15) is 11.8 Å². The van der Waals surface area contributed by atoms with E-state index in [4.69, 9.17) is 4.74 Å². The van der Waals surface area contributed by atoms with Gasteiger partial charge in [-0.25, -0.2) is 5.01 Å². The Hall–Kier alpha value is -2.28. The van der Waals surface area contributed by atoms with Gasteiger partial charge < -0.3 is 4.74 Å². The van der Waals surface area contributed by atoms with Crippen molar-refractivity contribution in [1.82, 2.24) is 10.4 Å². The number of carbonyl (C=O) groups excluding carboxylic acids is 1. The number of hydrogen-bond acceptors (Lipinski definition) is 3. The van der Waals surface area contributed by atoms with E-state index in [0.29, 0.717) is 17.7 Å². The van der Waals surface area contributed by atoms with E-state index in [1.54, 1.807) is 12.1 Å². The summed E-state index contributed by atoms with van der Waals surface area (Å²) in [5.41, 5.74) is 2.40. The Morgan fingerprint density at radius 3 is 2.59 bits per heavy atom. The Kier molecular flexibility index (Phi) is 7.00. The van der Waals surface area contributed by atoms with Crippen LogP contribution in [-0.4, -0.2) is 30.2 Å². The average molecular weight is 408 g/mol. The topological polar surface area (TPSA) is 41.6 Å². The molecule has 7 heteroatoms. The lowest BCUT2D eigenvalue weighted by molar-refractivity contribution is -0.191. The monoisotopic (exact) mass is 408 g/mol. The molecule has 0 spiro atoms. The summed E-state index contributed by atoms with van der Waals surface area (Å²) in [6, 6.07) is 8.36. The molecule has 2 aromatic rings. The van der Waals surface area contributed by atoms with Crippen molar-refractivity contribution in [2.24, 2.45) is 0 Å². The van der Waals surface area contributed by atoms with E-state index in [0.717, 1.165) is 36.1 Å². The van der Waals surface area contributed by atoms with Gasteiger partial charge >= 0.3 is 6.18 Å². The molecule has 2 aromatic carbocycles. The zero-order valence-electron chi connectivity index (χ0n) is 16.6. The van der Waals surface area contributed by atoms with Crippen LogP contribution >= 0.6 is 0 Å². The summed E-state index contributed by atoms with van der Waals surface area (Å²) >= 11 is 0. The molecule has 29 heavy (non-hydrogen) atoms. The number of hydrogen-bond donors (Lipinski definition) is 1. The quantitative estimate of drug-likeness (QED) is 0.555. The fourth-order valence-electron chi connectivity index (χ4n) is 3.70. The molecule has 1 aliphatic heterocycles. The van der Waals surface area contributed by atoms with Crippen molar-refractivity contribution in [1.29, 1.82) is 0 Å². The van der Waals surface area contributed by atoms with Gasteiger partial charge in [-0.05, 0) is 29.5 Å². The maximum absolute atomic E-state index is 13.9. The SMILES string of the molecule is CCCCCCCOc1cc([C@H](N2CCC(=O)N2)C(F)(F)F)cc2ccccc12. The summed E-state index contributed by atoms with van der Waals surface area (Å²) in [5.74, 6) is 0.0527. The number of rotatable bonds is 9. The van der Waals surface area contributed by atoms with Crippen molar-refractivity contribution in [3.8, 4) is 5.75 Å². The van der Waals surface area contributed by atoms with E-state index in [-0.39, 0.29) is 18.5 Å². The number of unbranched alkanes of at least 4 members (excludes halogenated alkanes) is 4. The molecule has 1 amide bonds. The van der Waals surface area contributed by atoms with Crippen LogP contribution in [0.15, 0.2) is 36.4 Å². The highest BCUT2D eigenvalue weighted by atomic mass is 19.4. The van der Waals surface area contributed by atoms with Crippen LogP contribution < -0.4 is 10.2 Å². The Bertz CT molecular complexity index is 838. The van der Waals surface area contributed by atoms with Crippen LogP contribution in [0, 0.1) is 0 Å². The number of fused-ring (bicyclic) bond motifs is 1. The molecule has 0 bridgehead atoms. The minimum atomic E-state index is -4.53. The van der Waals surface area contributed by atoms with Crippen molar-refractivity contribution >= 4 is 16.7 Å². The van der Waals surface area contributed by atoms with Gasteiger partial charge in [0.2, 0.25) is 5.91 Å². The van der Waals surface area contributed by atoms with Crippen molar-refractivity contribution < 1.29 is 22.7 Å². The lowest BCUT2D eigenvalue weighted by atomic mass is 10.00. The first kappa shape index (κ1) is 21.4. The van der Waals surface area contributed by atoms with Gasteiger partial charge in [-0.2, -0.15) is 13.2 Å². The van der Waals surface area contributed by atoms with Crippen LogP contribution in [-0.2, 0) is 4.79 Å². The van der Waals surface area contributed by atoms with Gasteiger partial charge in [-0.3, -0.25) is 10.2 Å². The minimum absolute atomic E-state index is 0.0173. The number of halogens is 3. The lowest BCUT2D eigenvalue weighted by Crippen LogP contribution is -2.43. The third-order valence-corrected chi connectivity index (χ3v) is 5.14. The van der Waals surface area contributed by atoms with Gasteiger partial charge in [0.05, 0.1) is 6.61 Å². The standard InChI is InChI=1S/C22H27F3N2O2/c1-2-3-4-5-8-13-29-19-15-17(14-16-9-6-7-10-18(16)19)21(22(23,24)25)27-12-11-20(28)26-27/h6-7,9-10,14-15,21H,2-5,8,11-13H2,1H3,(H,26,28)/t21-/m0/s1. The Balaban J connectivity index is 1.87. The minimum Gasteiger partial charge on any atom is -0.493 e. The molecule has 0 radical (unpaired) electrons. The Morgan fingerprint density at radius 1 is 1.14 bits per heavy atom. The summed E-state index contributed by atoms with van der Waals surface area (Å²) in [7, 11) is 0. The fourth-order valence-corrected chi connectivity index (χ4v) is 3.70. The second-order valence-electron chi connectivity index (χ2n) is 7.43. The molecule has 1 N–H and O–H groups in total. The number of nitrogens with zero attached hydrogens (tertiary/aromatic N) is 1. The summed E-state index contributed by atoms with van der Waals surface area (Å²) in [5, 5.41) is 2.45. The second kappa shape index (κ2) is 9.48. The van der Waals surface area contributed by atoms with E-state index in [1.165, 1.54) is 18.6 Å². The number of hydrazine groups is 1. The van der Waals surface area contributed by atoms with Gasteiger partial charge in [-0.1, -0.05) is 56.9 Å². The first-order chi connectivity index (χ1) is 13.9. The van der Waals surface area contributed by atoms with E-state index in [2.05, 4.69) is 12.3 Å². The van der Waals surface area contributed by atoms with Gasteiger partial charge in [0, 0.05) is 18.4 Å². The summed E-state index contributed by atoms with van der Waals surface area (Å²) in [4.78, 5) is 11.5. The number of carbonyl (C=O) groups is 1. The summed E-state index contributed by atoms with van der Waals surface area (Å²) in [6.07, 6.45) is 0.886. The first-order valence-corrected chi connectivity index (χ1v) is 10.2. The molecular formula is C22H27F3N2O2. The molecule has 3 rings (SSSR count). The Labute approximate surface area is 169 Å². The Morgan fingerprint density at radius 2 is 1.90 bits per heavy atom. The van der Waals surface area contributed by atoms with E-state index < -0.39 is 18.1 Å². The van der Waals surface area contributed by atoms with Crippen molar-refractivity contribution in [3.05, 3.63) is 42.0 Å². The molecule has 1 saturated heterocycles. The molecule has 0 aromatic heterocycles. The zero-order valence-corrected chi connectivity index (χ0v) is 16.6. The molecule has 0 saturated carbocycles. The molecule has 4 nitrogen and oxygen atoms in total.